The van der Waals surface area contributed by atoms with Gasteiger partial charge in [0.2, 0.25) is 0 Å². The van der Waals surface area contributed by atoms with Gasteiger partial charge in [0.1, 0.15) is 22.1 Å². The summed E-state index contributed by atoms with van der Waals surface area (Å²) in [6.45, 7) is 12.3. The summed E-state index contributed by atoms with van der Waals surface area (Å²) in [4.78, 5) is 4.68. The topological polar surface area (TPSA) is 68.3 Å². The van der Waals surface area contributed by atoms with E-state index >= 15 is 0 Å². The molecule has 0 bridgehead atoms. The molecular formula is C42H46N2O5S. The number of rotatable bonds is 15. The Morgan fingerprint density at radius 3 is 2.10 bits per heavy atom. The summed E-state index contributed by atoms with van der Waals surface area (Å²) >= 11 is 0. The van der Waals surface area contributed by atoms with Crippen LogP contribution >= 0.6 is 0 Å². The van der Waals surface area contributed by atoms with Crippen molar-refractivity contribution in [2.24, 2.45) is 0 Å². The van der Waals surface area contributed by atoms with Crippen LogP contribution in [-0.2, 0) is 21.5 Å². The van der Waals surface area contributed by atoms with E-state index in [-0.39, 0.29) is 16.6 Å². The van der Waals surface area contributed by atoms with Crippen LogP contribution in [0.25, 0.3) is 0 Å². The number of hydrogen-bond acceptors (Lipinski definition) is 7. The lowest BCUT2D eigenvalue weighted by molar-refractivity contribution is 0.133. The average molecular weight is 691 g/mol. The quantitative estimate of drug-likeness (QED) is 0.0994. The second-order valence-corrected chi connectivity index (χ2v) is 13.9. The Bertz CT molecular complexity index is 1990. The van der Waals surface area contributed by atoms with Gasteiger partial charge in [-0.05, 0) is 99.0 Å². The molecule has 0 saturated heterocycles. The maximum absolute atomic E-state index is 13.1. The summed E-state index contributed by atoms with van der Waals surface area (Å²) in [7, 11) is -3.99. The Morgan fingerprint density at radius 1 is 0.680 bits per heavy atom. The van der Waals surface area contributed by atoms with Crippen LogP contribution in [0, 0.1) is 0 Å². The molecule has 0 N–H and O–H groups in total. The van der Waals surface area contributed by atoms with Crippen LogP contribution in [0.3, 0.4) is 0 Å². The number of unbranched alkanes of at least 4 members (excludes halogenated alkanes) is 1. The normalized spacial score (nSPS) is 13.6. The molecule has 0 saturated carbocycles. The minimum atomic E-state index is -3.99. The van der Waals surface area contributed by atoms with Gasteiger partial charge in [-0.15, -0.1) is 0 Å². The highest BCUT2D eigenvalue weighted by molar-refractivity contribution is 7.87. The van der Waals surface area contributed by atoms with Crippen LogP contribution in [0.15, 0.2) is 120 Å². The van der Waals surface area contributed by atoms with Crippen LogP contribution in [0.1, 0.15) is 68.7 Å². The van der Waals surface area contributed by atoms with Crippen molar-refractivity contribution < 1.29 is 22.1 Å². The first-order valence-electron chi connectivity index (χ1n) is 17.6. The molecule has 260 valence electrons. The molecule has 0 spiro atoms. The van der Waals surface area contributed by atoms with Gasteiger partial charge in [-0.25, -0.2) is 0 Å². The Kier molecular flexibility index (Phi) is 11.1. The largest absolute Gasteiger partial charge is 0.457 e. The first kappa shape index (κ1) is 35.1. The lowest BCUT2D eigenvalue weighted by atomic mass is 9.80. The molecule has 0 amide bonds. The smallest absolute Gasteiger partial charge is 0.339 e. The lowest BCUT2D eigenvalue weighted by Crippen LogP contribution is -2.22. The molecule has 1 unspecified atom stereocenters. The second-order valence-electron chi connectivity index (χ2n) is 12.3. The van der Waals surface area contributed by atoms with Crippen LogP contribution in [0.5, 0.6) is 17.2 Å². The van der Waals surface area contributed by atoms with Gasteiger partial charge >= 0.3 is 10.1 Å². The number of benzene rings is 5. The molecule has 6 rings (SSSR count). The number of ether oxygens (including phenoxy) is 2. The van der Waals surface area contributed by atoms with Crippen molar-refractivity contribution in [1.82, 2.24) is 0 Å². The van der Waals surface area contributed by atoms with Crippen LogP contribution in [0.4, 0.5) is 17.1 Å². The van der Waals surface area contributed by atoms with E-state index in [0.717, 1.165) is 77.7 Å². The molecule has 0 fully saturated rings. The minimum absolute atomic E-state index is 0.0770. The van der Waals surface area contributed by atoms with Gasteiger partial charge in [-0.2, -0.15) is 8.42 Å². The molecule has 1 atom stereocenters. The predicted molar refractivity (Wildman–Crippen MR) is 202 cm³/mol. The van der Waals surface area contributed by atoms with Gasteiger partial charge in [-0.3, -0.25) is 0 Å². The van der Waals surface area contributed by atoms with E-state index in [1.807, 2.05) is 25.1 Å². The van der Waals surface area contributed by atoms with E-state index in [4.69, 9.17) is 13.7 Å². The highest BCUT2D eigenvalue weighted by atomic mass is 32.2. The zero-order valence-electron chi connectivity index (χ0n) is 29.3. The first-order valence-corrected chi connectivity index (χ1v) is 19.0. The standard InChI is InChI=1S/C42H46N2O5S/c1-5-9-27-44(32-19-23-36(24-20-32)50(45,46)49-35-16-11-10-12-17-35)34-22-26-40-39(28-34)42(37-18-14-13-15-31(37)30-47-8-4)38-25-21-33(29-41(38)48-40)43(6-2)7-3/h10-26,28-29,42H,5-9,27,30H2,1-4H3. The number of para-hydroxylation sites is 1. The van der Waals surface area contributed by atoms with Gasteiger partial charge in [0.15, 0.2) is 0 Å². The third-order valence-electron chi connectivity index (χ3n) is 9.22. The summed E-state index contributed by atoms with van der Waals surface area (Å²) in [6, 6.07) is 37.0. The molecule has 5 aromatic rings. The first-order chi connectivity index (χ1) is 24.4. The summed E-state index contributed by atoms with van der Waals surface area (Å²) in [5, 5.41) is 0. The number of hydrogen-bond donors (Lipinski definition) is 0. The molecule has 7 nitrogen and oxygen atoms in total. The third-order valence-corrected chi connectivity index (χ3v) is 10.5. The highest BCUT2D eigenvalue weighted by Crippen LogP contribution is 2.50. The zero-order valence-corrected chi connectivity index (χ0v) is 30.2. The zero-order chi connectivity index (χ0) is 35.1. The van der Waals surface area contributed by atoms with E-state index in [1.165, 1.54) is 5.56 Å². The molecule has 0 aliphatic carbocycles. The predicted octanol–water partition coefficient (Wildman–Crippen LogP) is 10.1. The molecule has 1 heterocycles. The summed E-state index contributed by atoms with van der Waals surface area (Å²) in [5.41, 5.74) is 7.56. The molecular weight excluding hydrogens is 645 g/mol. The van der Waals surface area contributed by atoms with Gasteiger partial charge in [0.05, 0.1) is 6.61 Å². The fraction of sp³-hybridized carbons (Fsp3) is 0.286. The molecule has 0 radical (unpaired) electrons. The average Bonchev–Trinajstić information content (AvgIpc) is 3.14. The lowest BCUT2D eigenvalue weighted by Gasteiger charge is -2.33. The summed E-state index contributed by atoms with van der Waals surface area (Å²) in [6.07, 6.45) is 1.97. The van der Waals surface area contributed by atoms with Crippen LogP contribution in [-0.4, -0.2) is 34.7 Å². The van der Waals surface area contributed by atoms with E-state index in [2.05, 4.69) is 91.2 Å². The SMILES string of the molecule is CCCCN(c1ccc(S(=O)(=O)Oc2ccccc2)cc1)c1ccc2c(c1)C(c1ccccc1COCC)c1ccc(N(CC)CC)cc1O2. The molecule has 50 heavy (non-hydrogen) atoms. The number of nitrogens with zero attached hydrogens (tertiary/aromatic N) is 2. The van der Waals surface area contributed by atoms with Crippen LogP contribution in [0.2, 0.25) is 0 Å². The Balaban J connectivity index is 1.41. The second kappa shape index (κ2) is 15.8. The fourth-order valence-electron chi connectivity index (χ4n) is 6.61. The maximum Gasteiger partial charge on any atom is 0.339 e. The van der Waals surface area contributed by atoms with Crippen molar-refractivity contribution in [1.29, 1.82) is 0 Å². The number of fused-ring (bicyclic) bond motifs is 2. The fourth-order valence-corrected chi connectivity index (χ4v) is 7.54. The van der Waals surface area contributed by atoms with Gasteiger partial charge < -0.3 is 23.5 Å². The molecule has 5 aromatic carbocycles. The monoisotopic (exact) mass is 690 g/mol. The minimum Gasteiger partial charge on any atom is -0.457 e. The van der Waals surface area contributed by atoms with Crippen molar-refractivity contribution in [3.63, 3.8) is 0 Å². The van der Waals surface area contributed by atoms with Crippen LogP contribution < -0.4 is 18.7 Å². The van der Waals surface area contributed by atoms with E-state index in [1.54, 1.807) is 36.4 Å². The summed E-state index contributed by atoms with van der Waals surface area (Å²) in [5.74, 6) is 1.89. The molecule has 8 heteroatoms. The van der Waals surface area contributed by atoms with E-state index < -0.39 is 10.1 Å². The molecule has 0 aromatic heterocycles. The van der Waals surface area contributed by atoms with Crippen molar-refractivity contribution in [3.8, 4) is 17.2 Å². The number of anilines is 3. The maximum atomic E-state index is 13.1. The highest BCUT2D eigenvalue weighted by Gasteiger charge is 2.32. The third kappa shape index (κ3) is 7.52. The van der Waals surface area contributed by atoms with Crippen molar-refractivity contribution in [2.45, 2.75) is 58.0 Å². The van der Waals surface area contributed by atoms with Gasteiger partial charge in [-0.1, -0.05) is 61.9 Å². The van der Waals surface area contributed by atoms with E-state index in [9.17, 15) is 8.42 Å². The van der Waals surface area contributed by atoms with E-state index in [0.29, 0.717) is 13.2 Å². The van der Waals surface area contributed by atoms with Crippen molar-refractivity contribution >= 4 is 27.2 Å². The van der Waals surface area contributed by atoms with Crippen molar-refractivity contribution in [2.75, 3.05) is 36.0 Å². The van der Waals surface area contributed by atoms with Gasteiger partial charge in [0.25, 0.3) is 0 Å². The Morgan fingerprint density at radius 2 is 1.38 bits per heavy atom. The Labute approximate surface area is 297 Å². The van der Waals surface area contributed by atoms with Gasteiger partial charge in [0, 0.05) is 66.4 Å². The summed E-state index contributed by atoms with van der Waals surface area (Å²) < 4.78 is 44.2. The molecule has 1 aliphatic heterocycles. The molecule has 1 aliphatic rings. The van der Waals surface area contributed by atoms with Crippen molar-refractivity contribution in [3.05, 3.63) is 138 Å². The Hall–Kier alpha value is -4.79.